The molecule has 1 N–H and O–H groups in total. The van der Waals surface area contributed by atoms with Gasteiger partial charge in [-0.3, -0.25) is 0 Å². The summed E-state index contributed by atoms with van der Waals surface area (Å²) in [4.78, 5) is 26.8. The summed E-state index contributed by atoms with van der Waals surface area (Å²) in [5, 5.41) is 2.56. The van der Waals surface area contributed by atoms with Gasteiger partial charge in [0.25, 0.3) is 0 Å². The first kappa shape index (κ1) is 30.8. The molecule has 0 aliphatic heterocycles. The Morgan fingerprint density at radius 3 is 2.18 bits per heavy atom. The van der Waals surface area contributed by atoms with Crippen LogP contribution in [0.25, 0.3) is 0 Å². The minimum Gasteiger partial charge on any atom is -0.476 e. The molecule has 0 aliphatic rings. The predicted molar refractivity (Wildman–Crippen MR) is 139 cm³/mol. The number of benzene rings is 2. The number of urea groups is 1. The van der Waals surface area contributed by atoms with Crippen LogP contribution >= 0.6 is 0 Å². The molecule has 0 aromatic heterocycles. The molecule has 0 radical (unpaired) electrons. The van der Waals surface area contributed by atoms with Crippen LogP contribution in [0.1, 0.15) is 65.4 Å². The van der Waals surface area contributed by atoms with Gasteiger partial charge in [-0.05, 0) is 57.0 Å². The van der Waals surface area contributed by atoms with Gasteiger partial charge in [0.15, 0.2) is 11.4 Å². The zero-order chi connectivity index (χ0) is 28.2. The maximum Gasteiger partial charge on any atom is 0.573 e. The van der Waals surface area contributed by atoms with Gasteiger partial charge < -0.3 is 24.4 Å². The minimum absolute atomic E-state index is 0.0734. The first-order chi connectivity index (χ1) is 17.9. The number of hydrogen-bond donors (Lipinski definition) is 1. The van der Waals surface area contributed by atoms with Gasteiger partial charge in [0.1, 0.15) is 5.75 Å². The third-order valence-corrected chi connectivity index (χ3v) is 5.61. The van der Waals surface area contributed by atoms with Crippen molar-refractivity contribution in [3.63, 3.8) is 0 Å². The molecule has 7 nitrogen and oxygen atoms in total. The highest BCUT2D eigenvalue weighted by atomic mass is 19.4. The van der Waals surface area contributed by atoms with Crippen LogP contribution in [-0.4, -0.2) is 42.0 Å². The van der Waals surface area contributed by atoms with Crippen molar-refractivity contribution >= 4 is 17.7 Å². The van der Waals surface area contributed by atoms with E-state index in [0.29, 0.717) is 12.3 Å². The van der Waals surface area contributed by atoms with E-state index < -0.39 is 29.7 Å². The van der Waals surface area contributed by atoms with E-state index in [0.717, 1.165) is 43.7 Å². The molecule has 0 bridgehead atoms. The van der Waals surface area contributed by atoms with Crippen LogP contribution < -0.4 is 14.8 Å². The zero-order valence-electron chi connectivity index (χ0n) is 22.4. The Balaban J connectivity index is 2.14. The second-order valence-electron chi connectivity index (χ2n) is 9.29. The van der Waals surface area contributed by atoms with Crippen molar-refractivity contribution in [3.05, 3.63) is 54.1 Å². The van der Waals surface area contributed by atoms with Crippen molar-refractivity contribution in [2.45, 2.75) is 78.3 Å². The summed E-state index contributed by atoms with van der Waals surface area (Å²) in [6.07, 6.45) is 0.0195. The van der Waals surface area contributed by atoms with Crippen molar-refractivity contribution in [2.75, 3.05) is 18.5 Å². The Morgan fingerprint density at radius 2 is 1.55 bits per heavy atom. The number of para-hydroxylation sites is 2. The highest BCUT2D eigenvalue weighted by Gasteiger charge is 2.33. The van der Waals surface area contributed by atoms with Gasteiger partial charge in [-0.15, -0.1) is 13.2 Å². The van der Waals surface area contributed by atoms with Crippen LogP contribution in [0.15, 0.2) is 48.5 Å². The fourth-order valence-corrected chi connectivity index (χ4v) is 3.66. The van der Waals surface area contributed by atoms with Gasteiger partial charge in [0, 0.05) is 13.1 Å². The fourth-order valence-electron chi connectivity index (χ4n) is 3.66. The number of carbonyl (C=O) groups is 2. The van der Waals surface area contributed by atoms with E-state index in [1.165, 1.54) is 18.2 Å². The van der Waals surface area contributed by atoms with Crippen molar-refractivity contribution in [1.82, 2.24) is 4.90 Å². The molecule has 0 aliphatic carbocycles. The molecule has 0 fully saturated rings. The highest BCUT2D eigenvalue weighted by Crippen LogP contribution is 2.30. The molecule has 38 heavy (non-hydrogen) atoms. The molecule has 0 heterocycles. The van der Waals surface area contributed by atoms with Crippen molar-refractivity contribution < 1.29 is 37.0 Å². The number of esters is 1. The van der Waals surface area contributed by atoms with Gasteiger partial charge in [0.05, 0.1) is 12.3 Å². The molecule has 0 saturated heterocycles. The number of ether oxygens (including phenoxy) is 3. The number of hydrogen-bond acceptors (Lipinski definition) is 5. The molecule has 0 atom stereocenters. The van der Waals surface area contributed by atoms with Crippen LogP contribution in [0.3, 0.4) is 0 Å². The second kappa shape index (κ2) is 14.5. The normalized spacial score (nSPS) is 11.6. The molecule has 2 aromatic carbocycles. The molecule has 10 heteroatoms. The number of nitrogens with zero attached hydrogens (tertiary/aromatic N) is 1. The van der Waals surface area contributed by atoms with E-state index >= 15 is 0 Å². The lowest BCUT2D eigenvalue weighted by Gasteiger charge is -2.25. The number of rotatable bonds is 14. The summed E-state index contributed by atoms with van der Waals surface area (Å²) in [6.45, 7) is 7.95. The Labute approximate surface area is 222 Å². The average Bonchev–Trinajstić information content (AvgIpc) is 2.84. The Hall–Kier alpha value is -3.43. The van der Waals surface area contributed by atoms with Gasteiger partial charge in [-0.25, -0.2) is 9.59 Å². The molecule has 2 rings (SSSR count). The average molecular weight is 539 g/mol. The summed E-state index contributed by atoms with van der Waals surface area (Å²) in [5.41, 5.74) is -0.459. The third kappa shape index (κ3) is 10.5. The van der Waals surface area contributed by atoms with E-state index in [2.05, 4.69) is 17.0 Å². The Morgan fingerprint density at radius 1 is 0.895 bits per heavy atom. The number of anilines is 1. The molecular weight excluding hydrogens is 501 g/mol. The standard InChI is InChI=1S/C28H37F3N2O5/c1-5-7-8-9-12-19-33(26(35)32-23-13-10-11-14-24(23)38-28(29,30)31)20-21-15-17-22(18-16-21)37-27(3,4)25(34)36-6-2/h10-11,13-18H,5-9,12,19-20H2,1-4H3,(H,32,35). The Bertz CT molecular complexity index is 1030. The van der Waals surface area contributed by atoms with E-state index in [9.17, 15) is 22.8 Å². The molecule has 0 saturated carbocycles. The first-order valence-corrected chi connectivity index (χ1v) is 12.8. The number of alkyl halides is 3. The lowest BCUT2D eigenvalue weighted by molar-refractivity contribution is -0.274. The molecule has 210 valence electrons. The van der Waals surface area contributed by atoms with E-state index in [1.54, 1.807) is 49.9 Å². The molecular formula is C28H37F3N2O5. The third-order valence-electron chi connectivity index (χ3n) is 5.61. The molecule has 0 unspecified atom stereocenters. The van der Waals surface area contributed by atoms with Gasteiger partial charge in [0.2, 0.25) is 0 Å². The van der Waals surface area contributed by atoms with Gasteiger partial charge >= 0.3 is 18.4 Å². The fraction of sp³-hybridized carbons (Fsp3) is 0.500. The molecule has 2 amide bonds. The van der Waals surface area contributed by atoms with E-state index in [4.69, 9.17) is 9.47 Å². The monoisotopic (exact) mass is 538 g/mol. The predicted octanol–water partition coefficient (Wildman–Crippen LogP) is 7.31. The van der Waals surface area contributed by atoms with Gasteiger partial charge in [-0.2, -0.15) is 0 Å². The Kier molecular flexibility index (Phi) is 11.7. The van der Waals surface area contributed by atoms with Crippen LogP contribution in [0.2, 0.25) is 0 Å². The first-order valence-electron chi connectivity index (χ1n) is 12.8. The topological polar surface area (TPSA) is 77.1 Å². The van der Waals surface area contributed by atoms with Crippen molar-refractivity contribution in [3.8, 4) is 11.5 Å². The van der Waals surface area contributed by atoms with Crippen LogP contribution in [0.5, 0.6) is 11.5 Å². The number of halogens is 3. The van der Waals surface area contributed by atoms with E-state index in [1.807, 2.05) is 0 Å². The van der Waals surface area contributed by atoms with Crippen molar-refractivity contribution in [1.29, 1.82) is 0 Å². The number of nitrogens with one attached hydrogen (secondary N) is 1. The van der Waals surface area contributed by atoms with Crippen LogP contribution in [0.4, 0.5) is 23.7 Å². The zero-order valence-corrected chi connectivity index (χ0v) is 22.4. The number of unbranched alkanes of at least 4 members (excludes halogenated alkanes) is 4. The quantitative estimate of drug-likeness (QED) is 0.202. The largest absolute Gasteiger partial charge is 0.573 e. The maximum atomic E-state index is 13.1. The summed E-state index contributed by atoms with van der Waals surface area (Å²) in [7, 11) is 0. The highest BCUT2D eigenvalue weighted by molar-refractivity contribution is 5.91. The summed E-state index contributed by atoms with van der Waals surface area (Å²) >= 11 is 0. The lowest BCUT2D eigenvalue weighted by Crippen LogP contribution is -2.39. The van der Waals surface area contributed by atoms with Crippen LogP contribution in [-0.2, 0) is 16.1 Å². The maximum absolute atomic E-state index is 13.1. The van der Waals surface area contributed by atoms with Gasteiger partial charge in [-0.1, -0.05) is 56.9 Å². The second-order valence-corrected chi connectivity index (χ2v) is 9.29. The number of amides is 2. The summed E-state index contributed by atoms with van der Waals surface area (Å²) in [5.74, 6) is -0.507. The lowest BCUT2D eigenvalue weighted by atomic mass is 10.1. The van der Waals surface area contributed by atoms with Crippen LogP contribution in [0, 0.1) is 0 Å². The minimum atomic E-state index is -4.88. The molecule has 2 aromatic rings. The SMILES string of the molecule is CCCCCCCN(Cc1ccc(OC(C)(C)C(=O)OCC)cc1)C(=O)Nc1ccccc1OC(F)(F)F. The molecule has 0 spiro atoms. The summed E-state index contributed by atoms with van der Waals surface area (Å²) < 4.78 is 53.3. The smallest absolute Gasteiger partial charge is 0.476 e. The van der Waals surface area contributed by atoms with E-state index in [-0.39, 0.29) is 18.8 Å². The van der Waals surface area contributed by atoms with Crippen molar-refractivity contribution in [2.24, 2.45) is 0 Å². The number of carbonyl (C=O) groups excluding carboxylic acids is 2. The summed E-state index contributed by atoms with van der Waals surface area (Å²) in [6, 6.07) is 11.8.